The van der Waals surface area contributed by atoms with Gasteiger partial charge in [0.25, 0.3) is 0 Å². The number of hydrogen-bond acceptors (Lipinski definition) is 5. The van der Waals surface area contributed by atoms with Crippen LogP contribution in [0.3, 0.4) is 0 Å². The summed E-state index contributed by atoms with van der Waals surface area (Å²) >= 11 is 0. The van der Waals surface area contributed by atoms with E-state index in [0.29, 0.717) is 11.6 Å². The van der Waals surface area contributed by atoms with Crippen molar-refractivity contribution < 1.29 is 14.3 Å². The zero-order valence-corrected chi connectivity index (χ0v) is 18.0. The number of likely N-dealkylation sites (tertiary alicyclic amines) is 1. The van der Waals surface area contributed by atoms with Gasteiger partial charge in [0.1, 0.15) is 5.75 Å². The molecule has 1 atom stereocenters. The normalized spacial score (nSPS) is 22.2. The Hall–Kier alpha value is -2.11. The van der Waals surface area contributed by atoms with E-state index in [-0.39, 0.29) is 16.9 Å². The largest absolute Gasteiger partial charge is 0.495 e. The summed E-state index contributed by atoms with van der Waals surface area (Å²) in [6, 6.07) is 6.04. The number of carbonyl (C=O) groups is 1. The van der Waals surface area contributed by atoms with Gasteiger partial charge in [-0.3, -0.25) is 0 Å². The molecule has 1 aromatic rings. The van der Waals surface area contributed by atoms with E-state index >= 15 is 0 Å². The fourth-order valence-electron chi connectivity index (χ4n) is 5.23. The predicted molar refractivity (Wildman–Crippen MR) is 113 cm³/mol. The average Bonchev–Trinajstić information content (AvgIpc) is 2.68. The van der Waals surface area contributed by atoms with Gasteiger partial charge in [0.05, 0.1) is 19.9 Å². The van der Waals surface area contributed by atoms with E-state index in [1.165, 1.54) is 12.8 Å². The second-order valence-electron chi connectivity index (χ2n) is 9.36. The van der Waals surface area contributed by atoms with Crippen LogP contribution in [0.4, 0.5) is 16.2 Å². The Labute approximate surface area is 169 Å². The van der Waals surface area contributed by atoms with E-state index < -0.39 is 0 Å². The molecule has 1 spiro atoms. The van der Waals surface area contributed by atoms with Crippen LogP contribution in [-0.2, 0) is 4.74 Å². The van der Waals surface area contributed by atoms with Crippen molar-refractivity contribution in [3.05, 3.63) is 18.2 Å². The van der Waals surface area contributed by atoms with Crippen molar-refractivity contribution in [3.63, 3.8) is 0 Å². The predicted octanol–water partition coefficient (Wildman–Crippen LogP) is 4.00. The number of rotatable bonds is 2. The third kappa shape index (κ3) is 3.87. The van der Waals surface area contributed by atoms with Crippen LogP contribution in [0, 0.1) is 16.7 Å². The standard InChI is InChI=1S/C22H35N3O3/c1-21(2,3)19-15-25(20(26)28-5)13-10-22(19)8-11-24(12-9-22)16-6-7-17(23)18(14-16)27-4/h6-7,14,19H,8-13,15,23H2,1-5H3. The van der Waals surface area contributed by atoms with Crippen LogP contribution in [0.1, 0.15) is 40.0 Å². The Bertz CT molecular complexity index is 705. The van der Waals surface area contributed by atoms with E-state index in [9.17, 15) is 4.79 Å². The van der Waals surface area contributed by atoms with Gasteiger partial charge in [0.15, 0.2) is 0 Å². The van der Waals surface area contributed by atoms with Crippen LogP contribution in [-0.4, -0.2) is 51.4 Å². The summed E-state index contributed by atoms with van der Waals surface area (Å²) in [5, 5.41) is 0. The lowest BCUT2D eigenvalue weighted by molar-refractivity contribution is -0.0393. The minimum atomic E-state index is -0.199. The van der Waals surface area contributed by atoms with Gasteiger partial charge in [-0.15, -0.1) is 0 Å². The Morgan fingerprint density at radius 3 is 2.36 bits per heavy atom. The number of carbonyl (C=O) groups excluding carboxylic acids is 1. The lowest BCUT2D eigenvalue weighted by atomic mass is 9.57. The Kier molecular flexibility index (Phi) is 5.69. The highest BCUT2D eigenvalue weighted by atomic mass is 16.5. The van der Waals surface area contributed by atoms with Gasteiger partial charge in [0.2, 0.25) is 0 Å². The van der Waals surface area contributed by atoms with Crippen LogP contribution in [0.2, 0.25) is 0 Å². The smallest absolute Gasteiger partial charge is 0.409 e. The fraction of sp³-hybridized carbons (Fsp3) is 0.682. The summed E-state index contributed by atoms with van der Waals surface area (Å²) < 4.78 is 10.4. The van der Waals surface area contributed by atoms with Crippen molar-refractivity contribution in [3.8, 4) is 5.75 Å². The van der Waals surface area contributed by atoms with Crippen molar-refractivity contribution in [2.45, 2.75) is 40.0 Å². The minimum absolute atomic E-state index is 0.138. The molecule has 0 saturated carbocycles. The number of piperidine rings is 2. The highest BCUT2D eigenvalue weighted by molar-refractivity contribution is 5.67. The van der Waals surface area contributed by atoms with Crippen LogP contribution in [0.5, 0.6) is 5.75 Å². The quantitative estimate of drug-likeness (QED) is 0.775. The third-order valence-electron chi connectivity index (χ3n) is 6.84. The second kappa shape index (κ2) is 7.72. The molecule has 1 amide bonds. The molecule has 0 aliphatic carbocycles. The van der Waals surface area contributed by atoms with Crippen molar-refractivity contribution in [1.29, 1.82) is 0 Å². The molecule has 6 heteroatoms. The highest BCUT2D eigenvalue weighted by Crippen LogP contribution is 2.52. The SMILES string of the molecule is COC(=O)N1CCC2(CCN(c3ccc(N)c(OC)c3)CC2)C(C(C)(C)C)C1. The number of amides is 1. The Balaban J connectivity index is 1.76. The maximum absolute atomic E-state index is 12.1. The molecule has 6 nitrogen and oxygen atoms in total. The molecule has 2 saturated heterocycles. The molecule has 2 aliphatic rings. The first kappa shape index (κ1) is 20.6. The fourth-order valence-corrected chi connectivity index (χ4v) is 5.23. The molecule has 2 N–H and O–H groups in total. The summed E-state index contributed by atoms with van der Waals surface area (Å²) in [6.45, 7) is 10.5. The molecule has 1 aromatic carbocycles. The highest BCUT2D eigenvalue weighted by Gasteiger charge is 2.50. The Morgan fingerprint density at radius 1 is 1.14 bits per heavy atom. The van der Waals surface area contributed by atoms with Gasteiger partial charge in [-0.05, 0) is 48.1 Å². The summed E-state index contributed by atoms with van der Waals surface area (Å²) in [5.41, 5.74) is 8.22. The molecule has 156 valence electrons. The molecule has 2 aliphatic heterocycles. The molecule has 1 unspecified atom stereocenters. The zero-order chi connectivity index (χ0) is 20.5. The van der Waals surface area contributed by atoms with Crippen molar-refractivity contribution in [2.75, 3.05) is 51.0 Å². The molecule has 0 bridgehead atoms. The number of methoxy groups -OCH3 is 2. The summed E-state index contributed by atoms with van der Waals surface area (Å²) in [7, 11) is 3.13. The van der Waals surface area contributed by atoms with E-state index in [0.717, 1.165) is 51.2 Å². The maximum Gasteiger partial charge on any atom is 0.409 e. The first-order valence-corrected chi connectivity index (χ1v) is 10.2. The van der Waals surface area contributed by atoms with Crippen LogP contribution >= 0.6 is 0 Å². The lowest BCUT2D eigenvalue weighted by Gasteiger charge is -2.56. The molecule has 2 fully saturated rings. The summed E-state index contributed by atoms with van der Waals surface area (Å²) in [6.07, 6.45) is 3.12. The molecular formula is C22H35N3O3. The van der Waals surface area contributed by atoms with Gasteiger partial charge in [0, 0.05) is 37.9 Å². The number of nitrogen functional groups attached to an aromatic ring is 1. The van der Waals surface area contributed by atoms with Crippen LogP contribution in [0.15, 0.2) is 18.2 Å². The van der Waals surface area contributed by atoms with Gasteiger partial charge in [-0.25, -0.2) is 4.79 Å². The molecule has 3 rings (SSSR count). The monoisotopic (exact) mass is 389 g/mol. The summed E-state index contributed by atoms with van der Waals surface area (Å²) in [4.78, 5) is 16.4. The van der Waals surface area contributed by atoms with E-state index in [2.05, 4.69) is 31.7 Å². The topological polar surface area (TPSA) is 68.0 Å². The lowest BCUT2D eigenvalue weighted by Crippen LogP contribution is -2.57. The van der Waals surface area contributed by atoms with Crippen molar-refractivity contribution >= 4 is 17.5 Å². The maximum atomic E-state index is 12.1. The number of nitrogens with zero attached hydrogens (tertiary/aromatic N) is 2. The van der Waals surface area contributed by atoms with E-state index in [1.54, 1.807) is 7.11 Å². The first-order chi connectivity index (χ1) is 13.2. The van der Waals surface area contributed by atoms with Gasteiger partial charge in [-0.2, -0.15) is 0 Å². The average molecular weight is 390 g/mol. The van der Waals surface area contributed by atoms with E-state index in [4.69, 9.17) is 15.2 Å². The minimum Gasteiger partial charge on any atom is -0.495 e. The summed E-state index contributed by atoms with van der Waals surface area (Å²) in [5.74, 6) is 1.19. The zero-order valence-electron chi connectivity index (χ0n) is 18.0. The number of anilines is 2. The van der Waals surface area contributed by atoms with Gasteiger partial charge in [-0.1, -0.05) is 20.8 Å². The second-order valence-corrected chi connectivity index (χ2v) is 9.36. The molecule has 0 radical (unpaired) electrons. The van der Waals surface area contributed by atoms with Crippen molar-refractivity contribution in [1.82, 2.24) is 4.90 Å². The van der Waals surface area contributed by atoms with Crippen LogP contribution in [0.25, 0.3) is 0 Å². The number of nitrogens with two attached hydrogens (primary N) is 1. The molecular weight excluding hydrogens is 354 g/mol. The number of ether oxygens (including phenoxy) is 2. The van der Waals surface area contributed by atoms with Crippen molar-refractivity contribution in [2.24, 2.45) is 16.7 Å². The number of hydrogen-bond donors (Lipinski definition) is 1. The molecule has 0 aromatic heterocycles. The molecule has 2 heterocycles. The third-order valence-corrected chi connectivity index (χ3v) is 6.84. The van der Waals surface area contributed by atoms with Crippen LogP contribution < -0.4 is 15.4 Å². The van der Waals surface area contributed by atoms with E-state index in [1.807, 2.05) is 17.0 Å². The van der Waals surface area contributed by atoms with Gasteiger partial charge >= 0.3 is 6.09 Å². The molecule has 28 heavy (non-hydrogen) atoms. The first-order valence-electron chi connectivity index (χ1n) is 10.2. The number of benzene rings is 1. The Morgan fingerprint density at radius 2 is 1.79 bits per heavy atom. The van der Waals surface area contributed by atoms with Gasteiger partial charge < -0.3 is 25.0 Å².